The maximum Gasteiger partial charge on any atom is 0.127 e. The molecule has 4 heteroatoms. The predicted molar refractivity (Wildman–Crippen MR) is 83.1 cm³/mol. The molecule has 2 nitrogen and oxygen atoms in total. The number of benzene rings is 1. The molecule has 1 aromatic heterocycles. The van der Waals surface area contributed by atoms with E-state index in [9.17, 15) is 0 Å². The standard InChI is InChI=1S/C15H20Cl2N2/c1-5-15(3,4)9-19-13-11(17)7-6-8-12(13)18-14(19)10(2)16/h6-8,10H,5,9H2,1-4H3. The monoisotopic (exact) mass is 298 g/mol. The van der Waals surface area contributed by atoms with Crippen molar-refractivity contribution in [3.8, 4) is 0 Å². The van der Waals surface area contributed by atoms with Crippen molar-refractivity contribution < 1.29 is 0 Å². The van der Waals surface area contributed by atoms with Crippen molar-refractivity contribution in [1.82, 2.24) is 9.55 Å². The Morgan fingerprint density at radius 2 is 2.05 bits per heavy atom. The molecule has 2 aromatic rings. The zero-order valence-electron chi connectivity index (χ0n) is 11.9. The molecule has 0 radical (unpaired) electrons. The number of rotatable bonds is 4. The molecule has 1 aromatic carbocycles. The third kappa shape index (κ3) is 2.90. The molecule has 2 rings (SSSR count). The number of fused-ring (bicyclic) bond motifs is 1. The van der Waals surface area contributed by atoms with Gasteiger partial charge in [-0.1, -0.05) is 38.4 Å². The van der Waals surface area contributed by atoms with Gasteiger partial charge in [-0.25, -0.2) is 4.98 Å². The number of hydrogen-bond acceptors (Lipinski definition) is 1. The smallest absolute Gasteiger partial charge is 0.127 e. The van der Waals surface area contributed by atoms with Crippen LogP contribution in [-0.2, 0) is 6.54 Å². The zero-order valence-corrected chi connectivity index (χ0v) is 13.4. The molecule has 0 aliphatic heterocycles. The lowest BCUT2D eigenvalue weighted by Gasteiger charge is -2.25. The number of imidazole rings is 1. The summed E-state index contributed by atoms with van der Waals surface area (Å²) < 4.78 is 2.18. The highest BCUT2D eigenvalue weighted by Crippen LogP contribution is 2.33. The van der Waals surface area contributed by atoms with E-state index >= 15 is 0 Å². The minimum Gasteiger partial charge on any atom is -0.325 e. The molecule has 1 heterocycles. The predicted octanol–water partition coefficient (Wildman–Crippen LogP) is 5.43. The average molecular weight is 299 g/mol. The Bertz CT molecular complexity index is 585. The molecule has 0 N–H and O–H groups in total. The fraction of sp³-hybridized carbons (Fsp3) is 0.533. The minimum atomic E-state index is -0.129. The molecule has 1 unspecified atom stereocenters. The van der Waals surface area contributed by atoms with Crippen LogP contribution in [0.25, 0.3) is 11.0 Å². The van der Waals surface area contributed by atoms with Crippen LogP contribution in [0.1, 0.15) is 45.3 Å². The molecule has 0 saturated heterocycles. The van der Waals surface area contributed by atoms with Gasteiger partial charge in [-0.05, 0) is 30.9 Å². The van der Waals surface area contributed by atoms with Crippen LogP contribution in [0.4, 0.5) is 0 Å². The van der Waals surface area contributed by atoms with Gasteiger partial charge in [0.25, 0.3) is 0 Å². The van der Waals surface area contributed by atoms with E-state index in [1.54, 1.807) is 0 Å². The van der Waals surface area contributed by atoms with E-state index in [2.05, 4.69) is 30.3 Å². The van der Waals surface area contributed by atoms with Gasteiger partial charge in [0.2, 0.25) is 0 Å². The summed E-state index contributed by atoms with van der Waals surface area (Å²) >= 11 is 12.6. The second kappa shape index (κ2) is 5.34. The summed E-state index contributed by atoms with van der Waals surface area (Å²) in [4.78, 5) is 4.64. The first kappa shape index (κ1) is 14.7. The number of para-hydroxylation sites is 1. The summed E-state index contributed by atoms with van der Waals surface area (Å²) in [7, 11) is 0. The van der Waals surface area contributed by atoms with E-state index in [-0.39, 0.29) is 10.8 Å². The minimum absolute atomic E-state index is 0.129. The van der Waals surface area contributed by atoms with E-state index in [4.69, 9.17) is 23.2 Å². The van der Waals surface area contributed by atoms with E-state index < -0.39 is 0 Å². The normalized spacial score (nSPS) is 14.0. The van der Waals surface area contributed by atoms with Gasteiger partial charge in [-0.3, -0.25) is 0 Å². The lowest BCUT2D eigenvalue weighted by Crippen LogP contribution is -2.20. The molecule has 0 saturated carbocycles. The molecule has 1 atom stereocenters. The van der Waals surface area contributed by atoms with E-state index in [0.717, 1.165) is 34.8 Å². The lowest BCUT2D eigenvalue weighted by molar-refractivity contribution is 0.294. The summed E-state index contributed by atoms with van der Waals surface area (Å²) in [6.07, 6.45) is 1.09. The third-order valence-electron chi connectivity index (χ3n) is 3.65. The van der Waals surface area contributed by atoms with Crippen LogP contribution in [-0.4, -0.2) is 9.55 Å². The molecule has 0 aliphatic carbocycles. The topological polar surface area (TPSA) is 17.8 Å². The second-order valence-electron chi connectivity index (χ2n) is 5.80. The number of aromatic nitrogens is 2. The van der Waals surface area contributed by atoms with Crippen molar-refractivity contribution >= 4 is 34.2 Å². The largest absolute Gasteiger partial charge is 0.325 e. The number of hydrogen-bond donors (Lipinski definition) is 0. The molecule has 104 valence electrons. The first-order chi connectivity index (χ1) is 8.85. The number of nitrogens with zero attached hydrogens (tertiary/aromatic N) is 2. The first-order valence-corrected chi connectivity index (χ1v) is 7.46. The molecule has 0 amide bonds. The van der Waals surface area contributed by atoms with Crippen LogP contribution in [0.5, 0.6) is 0 Å². The van der Waals surface area contributed by atoms with Crippen molar-refractivity contribution in [3.63, 3.8) is 0 Å². The van der Waals surface area contributed by atoms with Gasteiger partial charge >= 0.3 is 0 Å². The SMILES string of the molecule is CCC(C)(C)Cn1c(C(C)Cl)nc2cccc(Cl)c21. The Kier molecular flexibility index (Phi) is 4.12. The fourth-order valence-corrected chi connectivity index (χ4v) is 2.60. The van der Waals surface area contributed by atoms with Crippen LogP contribution < -0.4 is 0 Å². The highest BCUT2D eigenvalue weighted by Gasteiger charge is 2.23. The Labute approximate surface area is 124 Å². The Morgan fingerprint density at radius 1 is 1.37 bits per heavy atom. The fourth-order valence-electron chi connectivity index (χ4n) is 2.16. The maximum absolute atomic E-state index is 6.35. The summed E-state index contributed by atoms with van der Waals surface area (Å²) in [6, 6.07) is 5.82. The van der Waals surface area contributed by atoms with Crippen LogP contribution in [0.15, 0.2) is 18.2 Å². The van der Waals surface area contributed by atoms with Crippen molar-refractivity contribution in [1.29, 1.82) is 0 Å². The molecule has 0 bridgehead atoms. The number of halogens is 2. The average Bonchev–Trinajstić information content (AvgIpc) is 2.69. The quantitative estimate of drug-likeness (QED) is 0.689. The molecule has 19 heavy (non-hydrogen) atoms. The summed E-state index contributed by atoms with van der Waals surface area (Å²) in [5, 5.41) is 0.608. The molecular formula is C15H20Cl2N2. The Balaban J connectivity index is 2.64. The molecule has 0 fully saturated rings. The van der Waals surface area contributed by atoms with Crippen molar-refractivity contribution in [2.24, 2.45) is 5.41 Å². The lowest BCUT2D eigenvalue weighted by atomic mass is 9.90. The summed E-state index contributed by atoms with van der Waals surface area (Å²) in [5.74, 6) is 0.895. The summed E-state index contributed by atoms with van der Waals surface area (Å²) in [5.41, 5.74) is 2.10. The zero-order chi connectivity index (χ0) is 14.2. The van der Waals surface area contributed by atoms with Gasteiger partial charge < -0.3 is 4.57 Å². The highest BCUT2D eigenvalue weighted by molar-refractivity contribution is 6.35. The highest BCUT2D eigenvalue weighted by atomic mass is 35.5. The second-order valence-corrected chi connectivity index (χ2v) is 6.86. The van der Waals surface area contributed by atoms with Crippen LogP contribution in [0, 0.1) is 5.41 Å². The van der Waals surface area contributed by atoms with Gasteiger partial charge in [0.05, 0.1) is 21.4 Å². The van der Waals surface area contributed by atoms with Crippen LogP contribution >= 0.6 is 23.2 Å². The van der Waals surface area contributed by atoms with Gasteiger partial charge in [0.15, 0.2) is 0 Å². The molecule has 0 aliphatic rings. The van der Waals surface area contributed by atoms with Crippen LogP contribution in [0.2, 0.25) is 5.02 Å². The van der Waals surface area contributed by atoms with Crippen LogP contribution in [0.3, 0.4) is 0 Å². The third-order valence-corrected chi connectivity index (χ3v) is 4.15. The van der Waals surface area contributed by atoms with Crippen molar-refractivity contribution in [2.45, 2.75) is 46.0 Å². The number of alkyl halides is 1. The van der Waals surface area contributed by atoms with Gasteiger partial charge in [0, 0.05) is 6.54 Å². The first-order valence-electron chi connectivity index (χ1n) is 6.64. The van der Waals surface area contributed by atoms with E-state index in [0.29, 0.717) is 0 Å². The van der Waals surface area contributed by atoms with E-state index in [1.807, 2.05) is 25.1 Å². The molecular weight excluding hydrogens is 279 g/mol. The van der Waals surface area contributed by atoms with Crippen molar-refractivity contribution in [2.75, 3.05) is 0 Å². The van der Waals surface area contributed by atoms with Gasteiger partial charge in [-0.2, -0.15) is 0 Å². The Morgan fingerprint density at radius 3 is 2.63 bits per heavy atom. The van der Waals surface area contributed by atoms with Gasteiger partial charge in [-0.15, -0.1) is 11.6 Å². The van der Waals surface area contributed by atoms with Crippen molar-refractivity contribution in [3.05, 3.63) is 29.0 Å². The maximum atomic E-state index is 6.35. The summed E-state index contributed by atoms with van der Waals surface area (Å²) in [6.45, 7) is 9.52. The Hall–Kier alpha value is -0.730. The molecule has 0 spiro atoms. The van der Waals surface area contributed by atoms with E-state index in [1.165, 1.54) is 0 Å². The van der Waals surface area contributed by atoms with Gasteiger partial charge in [0.1, 0.15) is 5.82 Å².